The van der Waals surface area contributed by atoms with Crippen molar-refractivity contribution in [3.8, 4) is 0 Å². The van der Waals surface area contributed by atoms with Crippen LogP contribution in [0.1, 0.15) is 46.0 Å². The standard InChI is InChI=1S/C14H23N5O2/c1-10(2)14(21)16-12-8-19(18-17-12)9-13(20)15-11-6-4-3-5-7-11/h8,10-11H,3-7,9H2,1-2H3,(H,15,20)(H,16,21). The molecule has 116 valence electrons. The van der Waals surface area contributed by atoms with Crippen molar-refractivity contribution in [2.45, 2.75) is 58.5 Å². The van der Waals surface area contributed by atoms with Gasteiger partial charge >= 0.3 is 0 Å². The number of nitrogens with one attached hydrogen (secondary N) is 2. The lowest BCUT2D eigenvalue weighted by molar-refractivity contribution is -0.122. The SMILES string of the molecule is CC(C)C(=O)Nc1cn(CC(=O)NC2CCCCC2)nn1. The Morgan fingerprint density at radius 1 is 1.33 bits per heavy atom. The van der Waals surface area contributed by atoms with Crippen molar-refractivity contribution in [2.75, 3.05) is 5.32 Å². The van der Waals surface area contributed by atoms with E-state index in [1.807, 2.05) is 0 Å². The van der Waals surface area contributed by atoms with Gasteiger partial charge in [-0.3, -0.25) is 9.59 Å². The van der Waals surface area contributed by atoms with E-state index < -0.39 is 0 Å². The van der Waals surface area contributed by atoms with E-state index in [9.17, 15) is 9.59 Å². The summed E-state index contributed by atoms with van der Waals surface area (Å²) in [5.74, 6) is 0.0751. The first-order valence-corrected chi connectivity index (χ1v) is 7.55. The van der Waals surface area contributed by atoms with Crippen molar-refractivity contribution < 1.29 is 9.59 Å². The minimum absolute atomic E-state index is 0.0615. The molecule has 2 amide bonds. The van der Waals surface area contributed by atoms with Crippen LogP contribution in [0.4, 0.5) is 5.82 Å². The number of amides is 2. The number of aromatic nitrogens is 3. The van der Waals surface area contributed by atoms with Crippen LogP contribution in [0.25, 0.3) is 0 Å². The molecule has 1 aliphatic carbocycles. The summed E-state index contributed by atoms with van der Waals surface area (Å²) in [6, 6.07) is 0.287. The van der Waals surface area contributed by atoms with Gasteiger partial charge in [-0.2, -0.15) is 0 Å². The molecule has 0 radical (unpaired) electrons. The quantitative estimate of drug-likeness (QED) is 0.857. The van der Waals surface area contributed by atoms with Crippen LogP contribution in [0.3, 0.4) is 0 Å². The highest BCUT2D eigenvalue weighted by atomic mass is 16.2. The maximum Gasteiger partial charge on any atom is 0.242 e. The molecule has 1 aromatic rings. The van der Waals surface area contributed by atoms with Crippen LogP contribution < -0.4 is 10.6 Å². The highest BCUT2D eigenvalue weighted by Crippen LogP contribution is 2.17. The minimum Gasteiger partial charge on any atom is -0.352 e. The van der Waals surface area contributed by atoms with Crippen LogP contribution in [-0.2, 0) is 16.1 Å². The van der Waals surface area contributed by atoms with Crippen LogP contribution >= 0.6 is 0 Å². The molecule has 0 saturated heterocycles. The topological polar surface area (TPSA) is 88.9 Å². The van der Waals surface area contributed by atoms with E-state index >= 15 is 0 Å². The summed E-state index contributed by atoms with van der Waals surface area (Å²) in [6.07, 6.45) is 7.30. The molecular formula is C14H23N5O2. The first kappa shape index (κ1) is 15.5. The molecule has 1 saturated carbocycles. The van der Waals surface area contributed by atoms with Crippen molar-refractivity contribution >= 4 is 17.6 Å². The van der Waals surface area contributed by atoms with Crippen LogP contribution in [0.5, 0.6) is 0 Å². The maximum absolute atomic E-state index is 11.9. The summed E-state index contributed by atoms with van der Waals surface area (Å²) in [5, 5.41) is 13.4. The third-order valence-corrected chi connectivity index (χ3v) is 3.59. The third-order valence-electron chi connectivity index (χ3n) is 3.59. The molecule has 0 spiro atoms. The Labute approximate surface area is 124 Å². The Balaban J connectivity index is 1.81. The molecule has 7 nitrogen and oxygen atoms in total. The smallest absolute Gasteiger partial charge is 0.242 e. The molecule has 0 unspecified atom stereocenters. The van der Waals surface area contributed by atoms with E-state index in [0.717, 1.165) is 12.8 Å². The Kier molecular flexibility index (Phi) is 5.30. The van der Waals surface area contributed by atoms with E-state index in [1.165, 1.54) is 23.9 Å². The average molecular weight is 293 g/mol. The third kappa shape index (κ3) is 4.84. The lowest BCUT2D eigenvalue weighted by Gasteiger charge is -2.22. The molecule has 1 aliphatic rings. The highest BCUT2D eigenvalue weighted by Gasteiger charge is 2.16. The predicted molar refractivity (Wildman–Crippen MR) is 78.5 cm³/mol. The van der Waals surface area contributed by atoms with Crippen LogP contribution in [-0.4, -0.2) is 32.9 Å². The van der Waals surface area contributed by atoms with E-state index in [1.54, 1.807) is 20.0 Å². The number of hydrogen-bond acceptors (Lipinski definition) is 4. The van der Waals surface area contributed by atoms with Crippen LogP contribution in [0.15, 0.2) is 6.20 Å². The Hall–Kier alpha value is -1.92. The van der Waals surface area contributed by atoms with Gasteiger partial charge in [0.2, 0.25) is 11.8 Å². The average Bonchev–Trinajstić information content (AvgIpc) is 2.86. The van der Waals surface area contributed by atoms with E-state index in [0.29, 0.717) is 5.82 Å². The van der Waals surface area contributed by atoms with Crippen molar-refractivity contribution in [3.05, 3.63) is 6.20 Å². The molecule has 2 rings (SSSR count). The first-order valence-electron chi connectivity index (χ1n) is 7.55. The fraction of sp³-hybridized carbons (Fsp3) is 0.714. The van der Waals surface area contributed by atoms with Crippen molar-refractivity contribution in [3.63, 3.8) is 0 Å². The number of carbonyl (C=O) groups excluding carboxylic acids is 2. The zero-order valence-electron chi connectivity index (χ0n) is 12.6. The van der Waals surface area contributed by atoms with Gasteiger partial charge in [0.1, 0.15) is 6.54 Å². The number of rotatable bonds is 5. The molecule has 1 heterocycles. The van der Waals surface area contributed by atoms with Gasteiger partial charge in [-0.15, -0.1) is 5.10 Å². The molecule has 0 aromatic carbocycles. The highest BCUT2D eigenvalue weighted by molar-refractivity contribution is 5.90. The molecule has 0 bridgehead atoms. The van der Waals surface area contributed by atoms with Crippen molar-refractivity contribution in [1.29, 1.82) is 0 Å². The predicted octanol–water partition coefficient (Wildman–Crippen LogP) is 1.32. The van der Waals surface area contributed by atoms with Crippen LogP contribution in [0, 0.1) is 5.92 Å². The molecule has 1 aromatic heterocycles. The molecular weight excluding hydrogens is 270 g/mol. The summed E-state index contributed by atoms with van der Waals surface area (Å²) in [4.78, 5) is 23.5. The largest absolute Gasteiger partial charge is 0.352 e. The molecule has 1 fully saturated rings. The van der Waals surface area contributed by atoms with Crippen molar-refractivity contribution in [1.82, 2.24) is 20.3 Å². The van der Waals surface area contributed by atoms with Gasteiger partial charge in [0.15, 0.2) is 5.82 Å². The Morgan fingerprint density at radius 3 is 2.71 bits per heavy atom. The fourth-order valence-electron chi connectivity index (χ4n) is 2.37. The lowest BCUT2D eigenvalue weighted by atomic mass is 9.95. The Bertz CT molecular complexity index is 491. The zero-order chi connectivity index (χ0) is 15.2. The van der Waals surface area contributed by atoms with E-state index in [2.05, 4.69) is 20.9 Å². The van der Waals surface area contributed by atoms with Gasteiger partial charge < -0.3 is 10.6 Å². The summed E-state index contributed by atoms with van der Waals surface area (Å²) >= 11 is 0. The molecule has 21 heavy (non-hydrogen) atoms. The number of hydrogen-bond donors (Lipinski definition) is 2. The number of nitrogens with zero attached hydrogens (tertiary/aromatic N) is 3. The zero-order valence-corrected chi connectivity index (χ0v) is 12.6. The van der Waals surface area contributed by atoms with Gasteiger partial charge in [0.05, 0.1) is 6.20 Å². The Morgan fingerprint density at radius 2 is 2.05 bits per heavy atom. The normalized spacial score (nSPS) is 16.0. The second-order valence-corrected chi connectivity index (χ2v) is 5.85. The molecule has 2 N–H and O–H groups in total. The summed E-state index contributed by atoms with van der Waals surface area (Å²) in [5.41, 5.74) is 0. The molecule has 0 atom stereocenters. The molecule has 7 heteroatoms. The number of anilines is 1. The van der Waals surface area contributed by atoms with Gasteiger partial charge in [-0.05, 0) is 12.8 Å². The summed E-state index contributed by atoms with van der Waals surface area (Å²) < 4.78 is 1.44. The van der Waals surface area contributed by atoms with Gasteiger partial charge in [0.25, 0.3) is 0 Å². The minimum atomic E-state index is -0.121. The van der Waals surface area contributed by atoms with Gasteiger partial charge in [0, 0.05) is 12.0 Å². The second kappa shape index (κ2) is 7.19. The number of carbonyl (C=O) groups is 2. The second-order valence-electron chi connectivity index (χ2n) is 5.85. The maximum atomic E-state index is 11.9. The van der Waals surface area contributed by atoms with Crippen molar-refractivity contribution in [2.24, 2.45) is 5.92 Å². The summed E-state index contributed by atoms with van der Waals surface area (Å²) in [6.45, 7) is 3.73. The lowest BCUT2D eigenvalue weighted by Crippen LogP contribution is -2.38. The van der Waals surface area contributed by atoms with Gasteiger partial charge in [-0.1, -0.05) is 38.3 Å². The fourth-order valence-corrected chi connectivity index (χ4v) is 2.37. The van der Waals surface area contributed by atoms with E-state index in [-0.39, 0.29) is 30.3 Å². The molecule has 0 aliphatic heterocycles. The first-order chi connectivity index (χ1) is 10.0. The van der Waals surface area contributed by atoms with E-state index in [4.69, 9.17) is 0 Å². The summed E-state index contributed by atoms with van der Waals surface area (Å²) in [7, 11) is 0. The van der Waals surface area contributed by atoms with Crippen LogP contribution in [0.2, 0.25) is 0 Å². The van der Waals surface area contributed by atoms with Gasteiger partial charge in [-0.25, -0.2) is 4.68 Å². The monoisotopic (exact) mass is 293 g/mol.